The van der Waals surface area contributed by atoms with Crippen molar-refractivity contribution in [3.63, 3.8) is 0 Å². The van der Waals surface area contributed by atoms with Crippen LogP contribution in [0.2, 0.25) is 0 Å². The fourth-order valence-corrected chi connectivity index (χ4v) is 1.18. The Morgan fingerprint density at radius 2 is 2.13 bits per heavy atom. The molecule has 0 unspecified atom stereocenters. The Bertz CT molecular complexity index is 379. The second-order valence-corrected chi connectivity index (χ2v) is 2.95. The highest BCUT2D eigenvalue weighted by atomic mass is 19.1. The van der Waals surface area contributed by atoms with Crippen LogP contribution in [0.1, 0.15) is 5.56 Å². The van der Waals surface area contributed by atoms with Crippen molar-refractivity contribution < 1.29 is 18.7 Å². The molecule has 0 amide bonds. The molecule has 0 radical (unpaired) electrons. The smallest absolute Gasteiger partial charge is 0.310 e. The fraction of sp³-hybridized carbons (Fsp3) is 0.300. The number of esters is 1. The molecule has 0 saturated heterocycles. The van der Waals surface area contributed by atoms with Gasteiger partial charge in [-0.1, -0.05) is 0 Å². The van der Waals surface area contributed by atoms with Gasteiger partial charge in [0.2, 0.25) is 0 Å². The number of ether oxygens (including phenoxy) is 2. The van der Waals surface area contributed by atoms with Crippen molar-refractivity contribution in [3.8, 4) is 5.75 Å². The van der Waals surface area contributed by atoms with E-state index in [-0.39, 0.29) is 17.7 Å². The van der Waals surface area contributed by atoms with Crippen molar-refractivity contribution in [1.82, 2.24) is 0 Å². The van der Waals surface area contributed by atoms with E-state index < -0.39 is 11.8 Å². The van der Waals surface area contributed by atoms with Gasteiger partial charge in [-0.2, -0.15) is 0 Å². The van der Waals surface area contributed by atoms with Gasteiger partial charge in [0.05, 0.1) is 20.6 Å². The van der Waals surface area contributed by atoms with Crippen LogP contribution in [0.25, 0.3) is 0 Å². The molecule has 1 rings (SSSR count). The molecule has 0 saturated carbocycles. The Kier molecular flexibility index (Phi) is 3.49. The van der Waals surface area contributed by atoms with Crippen molar-refractivity contribution >= 4 is 11.7 Å². The van der Waals surface area contributed by atoms with Crippen LogP contribution in [-0.2, 0) is 16.0 Å². The summed E-state index contributed by atoms with van der Waals surface area (Å²) in [5.41, 5.74) is 6.03. The lowest BCUT2D eigenvalue weighted by atomic mass is 10.1. The standard InChI is InChI=1S/C10H12FNO3/c1-14-8-5-7(12)3-6(10(8)11)4-9(13)15-2/h3,5H,4,12H2,1-2H3. The lowest BCUT2D eigenvalue weighted by Gasteiger charge is -2.08. The number of hydrogen-bond donors (Lipinski definition) is 1. The van der Waals surface area contributed by atoms with Crippen LogP contribution in [0.3, 0.4) is 0 Å². The van der Waals surface area contributed by atoms with E-state index >= 15 is 0 Å². The maximum absolute atomic E-state index is 13.6. The molecule has 15 heavy (non-hydrogen) atoms. The molecule has 0 bridgehead atoms. The average Bonchev–Trinajstić information content (AvgIpc) is 2.22. The topological polar surface area (TPSA) is 61.5 Å². The van der Waals surface area contributed by atoms with E-state index in [1.807, 2.05) is 0 Å². The van der Waals surface area contributed by atoms with Crippen molar-refractivity contribution in [2.24, 2.45) is 0 Å². The van der Waals surface area contributed by atoms with E-state index in [4.69, 9.17) is 10.5 Å². The monoisotopic (exact) mass is 213 g/mol. The van der Waals surface area contributed by atoms with Crippen LogP contribution in [0.15, 0.2) is 12.1 Å². The third kappa shape index (κ3) is 2.59. The van der Waals surface area contributed by atoms with Crippen LogP contribution in [0.4, 0.5) is 10.1 Å². The summed E-state index contributed by atoms with van der Waals surface area (Å²) in [7, 11) is 2.57. The largest absolute Gasteiger partial charge is 0.494 e. The summed E-state index contributed by atoms with van der Waals surface area (Å²) in [6.45, 7) is 0. The highest BCUT2D eigenvalue weighted by Crippen LogP contribution is 2.24. The maximum Gasteiger partial charge on any atom is 0.310 e. The maximum atomic E-state index is 13.6. The first-order valence-electron chi connectivity index (χ1n) is 4.27. The molecule has 1 aromatic rings. The highest BCUT2D eigenvalue weighted by molar-refractivity contribution is 5.73. The molecule has 82 valence electrons. The second kappa shape index (κ2) is 4.63. The second-order valence-electron chi connectivity index (χ2n) is 2.95. The molecule has 5 heteroatoms. The SMILES string of the molecule is COC(=O)Cc1cc(N)cc(OC)c1F. The number of rotatable bonds is 3. The van der Waals surface area contributed by atoms with Gasteiger partial charge < -0.3 is 15.2 Å². The van der Waals surface area contributed by atoms with E-state index in [2.05, 4.69) is 4.74 Å². The van der Waals surface area contributed by atoms with Crippen molar-refractivity contribution in [3.05, 3.63) is 23.5 Å². The summed E-state index contributed by atoms with van der Waals surface area (Å²) in [4.78, 5) is 11.0. The number of carbonyl (C=O) groups excluding carboxylic acids is 1. The van der Waals surface area contributed by atoms with Gasteiger partial charge in [0, 0.05) is 17.3 Å². The van der Waals surface area contributed by atoms with E-state index in [9.17, 15) is 9.18 Å². The van der Waals surface area contributed by atoms with E-state index in [1.165, 1.54) is 26.4 Å². The molecule has 1 aromatic carbocycles. The Morgan fingerprint density at radius 3 is 2.67 bits per heavy atom. The third-order valence-electron chi connectivity index (χ3n) is 1.92. The lowest BCUT2D eigenvalue weighted by Crippen LogP contribution is -2.07. The van der Waals surface area contributed by atoms with Gasteiger partial charge in [-0.3, -0.25) is 4.79 Å². The van der Waals surface area contributed by atoms with Gasteiger partial charge in [0.15, 0.2) is 11.6 Å². The van der Waals surface area contributed by atoms with Crippen molar-refractivity contribution in [2.45, 2.75) is 6.42 Å². The Hall–Kier alpha value is -1.78. The van der Waals surface area contributed by atoms with Crippen LogP contribution in [0, 0.1) is 5.82 Å². The first-order valence-corrected chi connectivity index (χ1v) is 4.27. The summed E-state index contributed by atoms with van der Waals surface area (Å²) >= 11 is 0. The third-order valence-corrected chi connectivity index (χ3v) is 1.92. The van der Waals surface area contributed by atoms with Gasteiger partial charge in [-0.05, 0) is 6.07 Å². The molecule has 0 heterocycles. The summed E-state index contributed by atoms with van der Waals surface area (Å²) in [5.74, 6) is -1.09. The van der Waals surface area contributed by atoms with Gasteiger partial charge in [0.25, 0.3) is 0 Å². The van der Waals surface area contributed by atoms with Crippen LogP contribution in [0.5, 0.6) is 5.75 Å². The molecule has 0 aliphatic carbocycles. The van der Waals surface area contributed by atoms with Gasteiger partial charge >= 0.3 is 5.97 Å². The van der Waals surface area contributed by atoms with Crippen LogP contribution in [-0.4, -0.2) is 20.2 Å². The number of nitrogens with two attached hydrogens (primary N) is 1. The molecular formula is C10H12FNO3. The lowest BCUT2D eigenvalue weighted by molar-refractivity contribution is -0.139. The van der Waals surface area contributed by atoms with Crippen molar-refractivity contribution in [1.29, 1.82) is 0 Å². The summed E-state index contributed by atoms with van der Waals surface area (Å²) < 4.78 is 22.8. The number of carbonyl (C=O) groups is 1. The van der Waals surface area contributed by atoms with Crippen molar-refractivity contribution in [2.75, 3.05) is 20.0 Å². The van der Waals surface area contributed by atoms with Gasteiger partial charge in [-0.15, -0.1) is 0 Å². The van der Waals surface area contributed by atoms with Crippen LogP contribution < -0.4 is 10.5 Å². The molecule has 2 N–H and O–H groups in total. The molecule has 0 aliphatic rings. The van der Waals surface area contributed by atoms with E-state index in [0.29, 0.717) is 5.69 Å². The first kappa shape index (κ1) is 11.3. The molecule has 0 atom stereocenters. The average molecular weight is 213 g/mol. The highest BCUT2D eigenvalue weighted by Gasteiger charge is 2.13. The first-order chi connectivity index (χ1) is 7.08. The summed E-state index contributed by atoms with van der Waals surface area (Å²) in [5, 5.41) is 0. The molecule has 4 nitrogen and oxygen atoms in total. The van der Waals surface area contributed by atoms with E-state index in [0.717, 1.165) is 0 Å². The van der Waals surface area contributed by atoms with Gasteiger partial charge in [0.1, 0.15) is 0 Å². The minimum absolute atomic E-state index is 0.0221. The molecular weight excluding hydrogens is 201 g/mol. The number of methoxy groups -OCH3 is 2. The number of benzene rings is 1. The quantitative estimate of drug-likeness (QED) is 0.604. The minimum atomic E-state index is -0.586. The molecule has 0 spiro atoms. The number of anilines is 1. The number of halogens is 1. The molecule has 0 fully saturated rings. The Morgan fingerprint density at radius 1 is 1.47 bits per heavy atom. The minimum Gasteiger partial charge on any atom is -0.494 e. The number of nitrogen functional groups attached to an aromatic ring is 1. The van der Waals surface area contributed by atoms with E-state index in [1.54, 1.807) is 0 Å². The summed E-state index contributed by atoms with van der Waals surface area (Å²) in [6.07, 6.45) is -0.163. The Labute approximate surface area is 86.8 Å². The number of hydrogen-bond acceptors (Lipinski definition) is 4. The fourth-order valence-electron chi connectivity index (χ4n) is 1.18. The van der Waals surface area contributed by atoms with Gasteiger partial charge in [-0.25, -0.2) is 4.39 Å². The Balaban J connectivity index is 3.06. The zero-order valence-corrected chi connectivity index (χ0v) is 8.54. The molecule has 0 aliphatic heterocycles. The predicted octanol–water partition coefficient (Wildman–Crippen LogP) is 1.13. The predicted molar refractivity (Wildman–Crippen MR) is 53.1 cm³/mol. The van der Waals surface area contributed by atoms with Crippen LogP contribution >= 0.6 is 0 Å². The normalized spacial score (nSPS) is 9.80. The summed E-state index contributed by atoms with van der Waals surface area (Å²) in [6, 6.07) is 2.74. The molecule has 0 aromatic heterocycles. The zero-order valence-electron chi connectivity index (χ0n) is 8.54. The zero-order chi connectivity index (χ0) is 11.4.